The van der Waals surface area contributed by atoms with Gasteiger partial charge in [0.1, 0.15) is 0 Å². The molecule has 0 aromatic carbocycles. The van der Waals surface area contributed by atoms with Crippen molar-refractivity contribution in [3.8, 4) is 0 Å². The van der Waals surface area contributed by atoms with E-state index in [4.69, 9.17) is 0 Å². The first-order valence-electron chi connectivity index (χ1n) is 5.65. The first-order valence-corrected chi connectivity index (χ1v) is 8.05. The van der Waals surface area contributed by atoms with Crippen LogP contribution in [0.5, 0.6) is 0 Å². The number of carbonyl (C=O) groups excluding carboxylic acids is 1. The number of rotatable bonds is 3. The molecule has 0 unspecified atom stereocenters. The summed E-state index contributed by atoms with van der Waals surface area (Å²) in [5.41, 5.74) is 0.849. The van der Waals surface area contributed by atoms with Crippen molar-refractivity contribution in [2.45, 2.75) is 38.5 Å². The SMILES string of the molecule is O=C(CC1CCCCC1)c1cc(Br)sc1Br. The summed E-state index contributed by atoms with van der Waals surface area (Å²) < 4.78 is 1.98. The van der Waals surface area contributed by atoms with Gasteiger partial charge in [0.05, 0.1) is 7.57 Å². The molecule has 88 valence electrons. The second-order valence-electron chi connectivity index (χ2n) is 4.37. The quantitative estimate of drug-likeness (QED) is 0.653. The van der Waals surface area contributed by atoms with Gasteiger partial charge in [-0.3, -0.25) is 4.79 Å². The molecule has 0 bridgehead atoms. The third-order valence-corrected chi connectivity index (χ3v) is 5.50. The van der Waals surface area contributed by atoms with Crippen LogP contribution in [0.1, 0.15) is 48.9 Å². The number of halogens is 2. The van der Waals surface area contributed by atoms with Crippen LogP contribution < -0.4 is 0 Å². The zero-order chi connectivity index (χ0) is 11.5. The zero-order valence-corrected chi connectivity index (χ0v) is 13.0. The van der Waals surface area contributed by atoms with E-state index in [9.17, 15) is 4.79 Å². The Balaban J connectivity index is 1.99. The molecule has 0 N–H and O–H groups in total. The molecule has 1 nitrogen and oxygen atoms in total. The van der Waals surface area contributed by atoms with Crippen LogP contribution >= 0.6 is 43.2 Å². The van der Waals surface area contributed by atoms with E-state index in [2.05, 4.69) is 31.9 Å². The maximum atomic E-state index is 12.1. The molecule has 0 aliphatic heterocycles. The van der Waals surface area contributed by atoms with Crippen molar-refractivity contribution < 1.29 is 4.79 Å². The third-order valence-electron chi connectivity index (χ3n) is 3.16. The van der Waals surface area contributed by atoms with Crippen molar-refractivity contribution in [1.82, 2.24) is 0 Å². The van der Waals surface area contributed by atoms with E-state index in [1.807, 2.05) is 6.07 Å². The lowest BCUT2D eigenvalue weighted by Crippen LogP contribution is -2.12. The fraction of sp³-hybridized carbons (Fsp3) is 0.583. The van der Waals surface area contributed by atoms with Crippen LogP contribution in [0.4, 0.5) is 0 Å². The van der Waals surface area contributed by atoms with Crippen LogP contribution in [-0.2, 0) is 0 Å². The monoisotopic (exact) mass is 364 g/mol. The fourth-order valence-corrected chi connectivity index (χ4v) is 5.15. The van der Waals surface area contributed by atoms with Crippen molar-refractivity contribution in [3.63, 3.8) is 0 Å². The lowest BCUT2D eigenvalue weighted by atomic mass is 9.85. The third kappa shape index (κ3) is 3.17. The predicted octanol–water partition coefficient (Wildman–Crippen LogP) is 5.43. The molecule has 2 rings (SSSR count). The Kier molecular flexibility index (Phi) is 4.62. The molecule has 1 aromatic heterocycles. The number of hydrogen-bond acceptors (Lipinski definition) is 2. The lowest BCUT2D eigenvalue weighted by molar-refractivity contribution is 0.0950. The minimum absolute atomic E-state index is 0.292. The Morgan fingerprint density at radius 2 is 2.00 bits per heavy atom. The van der Waals surface area contributed by atoms with Crippen molar-refractivity contribution in [3.05, 3.63) is 19.2 Å². The first kappa shape index (κ1) is 12.8. The van der Waals surface area contributed by atoms with E-state index in [1.165, 1.54) is 32.1 Å². The molecular weight excluding hydrogens is 352 g/mol. The molecule has 0 radical (unpaired) electrons. The van der Waals surface area contributed by atoms with Gasteiger partial charge in [-0.2, -0.15) is 0 Å². The molecule has 1 heterocycles. The second kappa shape index (κ2) is 5.78. The Bertz CT molecular complexity index is 380. The van der Waals surface area contributed by atoms with Crippen LogP contribution in [0.2, 0.25) is 0 Å². The van der Waals surface area contributed by atoms with Crippen molar-refractivity contribution in [2.24, 2.45) is 5.92 Å². The first-order chi connectivity index (χ1) is 7.66. The normalized spacial score (nSPS) is 17.6. The van der Waals surface area contributed by atoms with Crippen LogP contribution in [-0.4, -0.2) is 5.78 Å². The van der Waals surface area contributed by atoms with Crippen molar-refractivity contribution in [1.29, 1.82) is 0 Å². The minimum Gasteiger partial charge on any atom is -0.294 e. The molecule has 4 heteroatoms. The Morgan fingerprint density at radius 3 is 2.56 bits per heavy atom. The standard InChI is InChI=1S/C12H14Br2OS/c13-11-7-9(12(14)16-11)10(15)6-8-4-2-1-3-5-8/h7-8H,1-6H2. The highest BCUT2D eigenvalue weighted by molar-refractivity contribution is 9.12. The van der Waals surface area contributed by atoms with Crippen molar-refractivity contribution >= 4 is 49.0 Å². The molecule has 0 spiro atoms. The van der Waals surface area contributed by atoms with Gasteiger partial charge in [-0.1, -0.05) is 32.1 Å². The summed E-state index contributed by atoms with van der Waals surface area (Å²) in [5, 5.41) is 0. The van der Waals surface area contributed by atoms with Gasteiger partial charge in [0.25, 0.3) is 0 Å². The molecule has 0 atom stereocenters. The van der Waals surface area contributed by atoms with Crippen LogP contribution in [0.25, 0.3) is 0 Å². The van der Waals surface area contributed by atoms with Gasteiger partial charge in [-0.05, 0) is 43.8 Å². The van der Waals surface area contributed by atoms with Gasteiger partial charge in [0.2, 0.25) is 0 Å². The molecule has 1 fully saturated rings. The number of carbonyl (C=O) groups is 1. The Hall–Kier alpha value is 0.330. The molecule has 0 amide bonds. The van der Waals surface area contributed by atoms with Gasteiger partial charge in [0.15, 0.2) is 5.78 Å². The minimum atomic E-state index is 0.292. The molecule has 1 aromatic rings. The summed E-state index contributed by atoms with van der Waals surface area (Å²) in [6.45, 7) is 0. The molecule has 1 aliphatic rings. The average molecular weight is 366 g/mol. The molecule has 1 aliphatic carbocycles. The van der Waals surface area contributed by atoms with Crippen LogP contribution in [0, 0.1) is 5.92 Å². The number of ketones is 1. The molecule has 0 saturated heterocycles. The second-order valence-corrected chi connectivity index (χ2v) is 8.12. The summed E-state index contributed by atoms with van der Waals surface area (Å²) in [4.78, 5) is 12.1. The topological polar surface area (TPSA) is 17.1 Å². The highest BCUT2D eigenvalue weighted by atomic mass is 79.9. The maximum Gasteiger partial charge on any atom is 0.165 e. The zero-order valence-electron chi connectivity index (χ0n) is 8.97. The van der Waals surface area contributed by atoms with Gasteiger partial charge >= 0.3 is 0 Å². The van der Waals surface area contributed by atoms with Crippen molar-refractivity contribution in [2.75, 3.05) is 0 Å². The van der Waals surface area contributed by atoms with E-state index in [-0.39, 0.29) is 0 Å². The number of Topliss-reactive ketones (excluding diaryl/α,β-unsaturated/α-hetero) is 1. The maximum absolute atomic E-state index is 12.1. The summed E-state index contributed by atoms with van der Waals surface area (Å²) in [6.07, 6.45) is 7.13. The Morgan fingerprint density at radius 1 is 1.31 bits per heavy atom. The largest absolute Gasteiger partial charge is 0.294 e. The summed E-state index contributed by atoms with van der Waals surface area (Å²) in [7, 11) is 0. The van der Waals surface area contributed by atoms with E-state index >= 15 is 0 Å². The van der Waals surface area contributed by atoms with Gasteiger partial charge in [0, 0.05) is 12.0 Å². The Labute approximate surface area is 117 Å². The van der Waals surface area contributed by atoms with E-state index in [0.717, 1.165) is 19.6 Å². The van der Waals surface area contributed by atoms with Gasteiger partial charge < -0.3 is 0 Å². The smallest absolute Gasteiger partial charge is 0.165 e. The van der Waals surface area contributed by atoms with Crippen LogP contribution in [0.3, 0.4) is 0 Å². The van der Waals surface area contributed by atoms with Gasteiger partial charge in [-0.15, -0.1) is 11.3 Å². The van der Waals surface area contributed by atoms with E-state index in [0.29, 0.717) is 11.7 Å². The average Bonchev–Trinajstić information content (AvgIpc) is 2.59. The summed E-state index contributed by atoms with van der Waals surface area (Å²) in [5.74, 6) is 0.910. The number of thiophene rings is 1. The summed E-state index contributed by atoms with van der Waals surface area (Å²) in [6, 6.07) is 1.93. The molecular formula is C12H14Br2OS. The predicted molar refractivity (Wildman–Crippen MR) is 75.2 cm³/mol. The summed E-state index contributed by atoms with van der Waals surface area (Å²) >= 11 is 8.44. The molecule has 16 heavy (non-hydrogen) atoms. The van der Waals surface area contributed by atoms with E-state index in [1.54, 1.807) is 11.3 Å². The molecule has 1 saturated carbocycles. The highest BCUT2D eigenvalue weighted by Gasteiger charge is 2.20. The fourth-order valence-electron chi connectivity index (χ4n) is 2.29. The number of hydrogen-bond donors (Lipinski definition) is 0. The van der Waals surface area contributed by atoms with Crippen LogP contribution in [0.15, 0.2) is 13.6 Å². The van der Waals surface area contributed by atoms with E-state index < -0.39 is 0 Å². The lowest BCUT2D eigenvalue weighted by Gasteiger charge is -2.20. The van der Waals surface area contributed by atoms with Gasteiger partial charge in [-0.25, -0.2) is 0 Å². The highest BCUT2D eigenvalue weighted by Crippen LogP contribution is 2.34.